The highest BCUT2D eigenvalue weighted by Crippen LogP contribution is 2.45. The molecule has 0 bridgehead atoms. The van der Waals surface area contributed by atoms with Crippen LogP contribution in [0.4, 0.5) is 13.2 Å². The molecule has 30 heavy (non-hydrogen) atoms. The molecule has 0 aromatic carbocycles. The molecule has 1 spiro atoms. The van der Waals surface area contributed by atoms with E-state index in [0.717, 1.165) is 51.3 Å². The Kier molecular flexibility index (Phi) is 8.23. The van der Waals surface area contributed by atoms with E-state index in [1.807, 2.05) is 10.4 Å². The maximum absolute atomic E-state index is 12.6. The Labute approximate surface area is 177 Å². The maximum Gasteiger partial charge on any atom is 0.490 e. The summed E-state index contributed by atoms with van der Waals surface area (Å²) in [6, 6.07) is 0. The molecule has 2 fully saturated rings. The average molecular weight is 452 g/mol. The van der Waals surface area contributed by atoms with E-state index < -0.39 is 12.1 Å². The number of thiazole rings is 1. The van der Waals surface area contributed by atoms with E-state index in [4.69, 9.17) is 14.6 Å². The molecule has 2 aliphatic heterocycles. The van der Waals surface area contributed by atoms with Crippen LogP contribution in [0.3, 0.4) is 0 Å². The first-order chi connectivity index (χ1) is 14.0. The fourth-order valence-corrected chi connectivity index (χ4v) is 4.90. The number of ether oxygens (including phenoxy) is 1. The number of aliphatic carboxylic acids is 1. The van der Waals surface area contributed by atoms with Crippen molar-refractivity contribution in [2.75, 3.05) is 39.9 Å². The van der Waals surface area contributed by atoms with Crippen molar-refractivity contribution in [3.8, 4) is 0 Å². The second-order valence-corrected chi connectivity index (χ2v) is 8.60. The molecule has 3 rings (SSSR count). The van der Waals surface area contributed by atoms with E-state index in [2.05, 4.69) is 23.7 Å². The summed E-state index contributed by atoms with van der Waals surface area (Å²) in [5, 5.41) is 7.12. The minimum atomic E-state index is -5.08. The first-order valence-corrected chi connectivity index (χ1v) is 10.6. The van der Waals surface area contributed by atoms with Gasteiger partial charge in [0.25, 0.3) is 0 Å². The van der Waals surface area contributed by atoms with Crippen LogP contribution in [0.15, 0.2) is 5.51 Å². The number of hydrogen-bond acceptors (Lipinski definition) is 6. The number of carboxylic acid groups (broad SMARTS) is 1. The first-order valence-electron chi connectivity index (χ1n) is 9.73. The summed E-state index contributed by atoms with van der Waals surface area (Å²) in [6.07, 6.45) is -2.91. The molecule has 0 aliphatic carbocycles. The van der Waals surface area contributed by atoms with E-state index in [0.29, 0.717) is 12.5 Å². The fraction of sp³-hybridized carbons (Fsp3) is 0.737. The number of nitrogens with zero attached hydrogens (tertiary/aromatic N) is 3. The summed E-state index contributed by atoms with van der Waals surface area (Å²) >= 11 is 1.74. The van der Waals surface area contributed by atoms with Gasteiger partial charge in [0.05, 0.1) is 23.7 Å². The highest BCUT2D eigenvalue weighted by molar-refractivity contribution is 7.09. The Morgan fingerprint density at radius 3 is 2.43 bits per heavy atom. The minimum absolute atomic E-state index is 0.0414. The summed E-state index contributed by atoms with van der Waals surface area (Å²) in [5.74, 6) is -2.42. The van der Waals surface area contributed by atoms with Gasteiger partial charge in [-0.3, -0.25) is 9.69 Å². The molecule has 2 aliphatic rings. The van der Waals surface area contributed by atoms with Crippen LogP contribution in [0.5, 0.6) is 0 Å². The van der Waals surface area contributed by atoms with Crippen LogP contribution < -0.4 is 0 Å². The van der Waals surface area contributed by atoms with E-state index >= 15 is 0 Å². The van der Waals surface area contributed by atoms with Gasteiger partial charge >= 0.3 is 12.1 Å². The van der Waals surface area contributed by atoms with Crippen LogP contribution in [0.1, 0.15) is 30.3 Å². The molecule has 1 N–H and O–H groups in total. The molecule has 11 heteroatoms. The van der Waals surface area contributed by atoms with E-state index in [1.54, 1.807) is 18.4 Å². The van der Waals surface area contributed by atoms with Crippen molar-refractivity contribution in [1.82, 2.24) is 14.8 Å². The fourth-order valence-electron chi connectivity index (χ4n) is 4.08. The number of methoxy groups -OCH3 is 1. The molecule has 1 aromatic rings. The molecule has 7 nitrogen and oxygen atoms in total. The van der Waals surface area contributed by atoms with Gasteiger partial charge in [-0.1, -0.05) is 0 Å². The van der Waals surface area contributed by atoms with Crippen molar-refractivity contribution in [3.05, 3.63) is 16.1 Å². The number of halogens is 3. The molecule has 2 saturated heterocycles. The molecule has 0 saturated carbocycles. The summed E-state index contributed by atoms with van der Waals surface area (Å²) in [4.78, 5) is 31.7. The second-order valence-electron chi connectivity index (χ2n) is 7.66. The predicted molar refractivity (Wildman–Crippen MR) is 105 cm³/mol. The van der Waals surface area contributed by atoms with Crippen molar-refractivity contribution < 1.29 is 32.6 Å². The van der Waals surface area contributed by atoms with Crippen molar-refractivity contribution >= 4 is 23.2 Å². The number of carbonyl (C=O) groups is 2. The molecule has 1 amide bonds. The molecule has 170 valence electrons. The van der Waals surface area contributed by atoms with Crippen LogP contribution in [0.25, 0.3) is 0 Å². The van der Waals surface area contributed by atoms with Crippen molar-refractivity contribution in [2.24, 2.45) is 11.3 Å². The maximum atomic E-state index is 12.6. The monoisotopic (exact) mass is 451 g/mol. The second kappa shape index (κ2) is 10.1. The largest absolute Gasteiger partial charge is 0.490 e. The predicted octanol–water partition coefficient (Wildman–Crippen LogP) is 2.79. The minimum Gasteiger partial charge on any atom is -0.475 e. The average Bonchev–Trinajstić information content (AvgIpc) is 3.20. The van der Waals surface area contributed by atoms with Crippen molar-refractivity contribution in [3.63, 3.8) is 0 Å². The van der Waals surface area contributed by atoms with Crippen LogP contribution in [0, 0.1) is 18.3 Å². The van der Waals surface area contributed by atoms with Gasteiger partial charge in [0, 0.05) is 37.0 Å². The van der Waals surface area contributed by atoms with Crippen molar-refractivity contribution in [1.29, 1.82) is 0 Å². The van der Waals surface area contributed by atoms with E-state index in [1.165, 1.54) is 4.88 Å². The highest BCUT2D eigenvalue weighted by atomic mass is 32.1. The number of hydrogen-bond donors (Lipinski definition) is 1. The Bertz CT molecular complexity index is 733. The normalized spacial score (nSPS) is 21.6. The number of piperidine rings is 1. The number of amides is 1. The van der Waals surface area contributed by atoms with E-state index in [-0.39, 0.29) is 11.3 Å². The van der Waals surface area contributed by atoms with E-state index in [9.17, 15) is 18.0 Å². The number of aryl methyl sites for hydroxylation is 1. The van der Waals surface area contributed by atoms with Crippen LogP contribution >= 0.6 is 11.3 Å². The molecule has 1 unspecified atom stereocenters. The number of rotatable bonds is 5. The van der Waals surface area contributed by atoms with Crippen LogP contribution in [-0.4, -0.2) is 77.8 Å². The Morgan fingerprint density at radius 1 is 1.40 bits per heavy atom. The lowest BCUT2D eigenvalue weighted by molar-refractivity contribution is -0.192. The lowest BCUT2D eigenvalue weighted by Gasteiger charge is -2.41. The summed E-state index contributed by atoms with van der Waals surface area (Å²) in [6.45, 7) is 9.54. The third-order valence-electron chi connectivity index (χ3n) is 5.88. The number of likely N-dealkylation sites (tertiary alicyclic amines) is 2. The number of alkyl halides is 3. The number of carboxylic acids is 1. The summed E-state index contributed by atoms with van der Waals surface area (Å²) < 4.78 is 37.1. The topological polar surface area (TPSA) is 83.0 Å². The zero-order valence-corrected chi connectivity index (χ0v) is 18.2. The number of carbonyl (C=O) groups excluding carboxylic acids is 1. The lowest BCUT2D eigenvalue weighted by Crippen LogP contribution is -2.45. The van der Waals surface area contributed by atoms with Gasteiger partial charge in [0.2, 0.25) is 5.91 Å². The first kappa shape index (κ1) is 24.5. The molecule has 1 atom stereocenters. The van der Waals surface area contributed by atoms with Gasteiger partial charge in [-0.15, -0.1) is 11.3 Å². The van der Waals surface area contributed by atoms with Gasteiger partial charge in [0.1, 0.15) is 0 Å². The van der Waals surface area contributed by atoms with Crippen LogP contribution in [0.2, 0.25) is 0 Å². The third kappa shape index (κ3) is 5.70. The zero-order valence-electron chi connectivity index (χ0n) is 17.4. The van der Waals surface area contributed by atoms with Gasteiger partial charge < -0.3 is 14.7 Å². The molecular weight excluding hydrogens is 423 g/mol. The highest BCUT2D eigenvalue weighted by Gasteiger charge is 2.52. The molecule has 1 aromatic heterocycles. The number of aromatic nitrogens is 1. The molecular formula is C19H28F3N3O4S. The van der Waals surface area contributed by atoms with Crippen LogP contribution in [-0.2, 0) is 20.9 Å². The molecule has 3 heterocycles. The lowest BCUT2D eigenvalue weighted by atomic mass is 9.71. The zero-order chi connectivity index (χ0) is 22.5. The standard InChI is InChI=1S/C17H27N3O2S.C2HF3O2/c1-4-20-11-17(14(10-22-3)16(20)21)5-7-19(8-6-17)9-15-13(2)18-12-23-15;3-2(4,5)1(6)7/h12,14H,4-11H2,1-3H3;(H,6,7). The Hall–Kier alpha value is -1.72. The van der Waals surface area contributed by atoms with Crippen molar-refractivity contribution in [2.45, 2.75) is 39.4 Å². The van der Waals surface area contributed by atoms with Gasteiger partial charge in [0.15, 0.2) is 0 Å². The van der Waals surface area contributed by atoms with Gasteiger partial charge in [-0.05, 0) is 39.8 Å². The summed E-state index contributed by atoms with van der Waals surface area (Å²) in [5.41, 5.74) is 3.20. The van der Waals surface area contributed by atoms with Gasteiger partial charge in [-0.25, -0.2) is 9.78 Å². The Balaban J connectivity index is 0.000000396. The quantitative estimate of drug-likeness (QED) is 0.741. The third-order valence-corrected chi connectivity index (χ3v) is 6.80. The summed E-state index contributed by atoms with van der Waals surface area (Å²) in [7, 11) is 1.71. The SMILES string of the molecule is CCN1CC2(CCN(Cc3scnc3C)CC2)C(COC)C1=O.O=C(O)C(F)(F)F. The Morgan fingerprint density at radius 2 is 2.00 bits per heavy atom. The smallest absolute Gasteiger partial charge is 0.475 e. The molecule has 0 radical (unpaired) electrons. The van der Waals surface area contributed by atoms with Gasteiger partial charge in [-0.2, -0.15) is 13.2 Å².